The van der Waals surface area contributed by atoms with Crippen LogP contribution in [0.3, 0.4) is 0 Å². The van der Waals surface area contributed by atoms with Crippen LogP contribution >= 0.6 is 22.6 Å². The number of ketones is 1. The molecule has 1 rings (SSSR count). The molecule has 1 nitrogen and oxygen atoms in total. The van der Waals surface area contributed by atoms with Crippen molar-refractivity contribution in [3.05, 3.63) is 32.4 Å². The zero-order chi connectivity index (χ0) is 14.3. The van der Waals surface area contributed by atoms with Crippen molar-refractivity contribution in [2.24, 2.45) is 0 Å². The zero-order valence-corrected chi connectivity index (χ0v) is 10.9. The van der Waals surface area contributed by atoms with Crippen LogP contribution in [-0.4, -0.2) is 5.78 Å². The monoisotopic (exact) mass is 382 g/mol. The van der Waals surface area contributed by atoms with E-state index < -0.39 is 34.8 Å². The van der Waals surface area contributed by atoms with Gasteiger partial charge in [0.05, 0.1) is 11.1 Å². The van der Waals surface area contributed by atoms with Crippen molar-refractivity contribution in [1.82, 2.24) is 0 Å². The molecule has 0 atom stereocenters. The second kappa shape index (κ2) is 4.71. The van der Waals surface area contributed by atoms with E-state index in [9.17, 15) is 31.1 Å². The minimum Gasteiger partial charge on any atom is -0.294 e. The summed E-state index contributed by atoms with van der Waals surface area (Å²) >= 11 is 1.29. The Morgan fingerprint density at radius 3 is 1.89 bits per heavy atom. The molecule has 100 valence electrons. The molecule has 0 N–H and O–H groups in total. The fourth-order valence-corrected chi connectivity index (χ4v) is 2.36. The topological polar surface area (TPSA) is 17.1 Å². The maximum atomic E-state index is 12.6. The van der Waals surface area contributed by atoms with Crippen molar-refractivity contribution in [3.8, 4) is 0 Å². The third-order valence-electron chi connectivity index (χ3n) is 2.08. The molecule has 0 fully saturated rings. The van der Waals surface area contributed by atoms with E-state index in [0.717, 1.165) is 6.92 Å². The average Bonchev–Trinajstić information content (AvgIpc) is 2.12. The van der Waals surface area contributed by atoms with Gasteiger partial charge < -0.3 is 0 Å². The van der Waals surface area contributed by atoms with Crippen LogP contribution in [0.25, 0.3) is 0 Å². The molecule has 1 aromatic rings. The van der Waals surface area contributed by atoms with E-state index in [2.05, 4.69) is 0 Å². The minimum absolute atomic E-state index is 0.0428. The lowest BCUT2D eigenvalue weighted by atomic mass is 10.0. The number of hydrogen-bond acceptors (Lipinski definition) is 1. The Hall–Kier alpha value is -0.800. The lowest BCUT2D eigenvalue weighted by Gasteiger charge is -2.16. The molecule has 0 saturated carbocycles. The van der Waals surface area contributed by atoms with E-state index in [1.165, 1.54) is 22.6 Å². The predicted molar refractivity (Wildman–Crippen MR) is 59.2 cm³/mol. The number of carbonyl (C=O) groups is 1. The van der Waals surface area contributed by atoms with Crippen molar-refractivity contribution in [2.45, 2.75) is 19.3 Å². The van der Waals surface area contributed by atoms with Gasteiger partial charge in [0.2, 0.25) is 0 Å². The lowest BCUT2D eigenvalue weighted by molar-refractivity contribution is -0.143. The van der Waals surface area contributed by atoms with Crippen LogP contribution in [0.4, 0.5) is 26.3 Å². The molecule has 0 unspecified atom stereocenters. The van der Waals surface area contributed by atoms with Crippen LogP contribution in [0, 0.1) is 3.57 Å². The van der Waals surface area contributed by atoms with Gasteiger partial charge >= 0.3 is 12.4 Å². The largest absolute Gasteiger partial charge is 0.417 e. The highest BCUT2D eigenvalue weighted by Gasteiger charge is 2.40. The van der Waals surface area contributed by atoms with Crippen LogP contribution in [0.5, 0.6) is 0 Å². The number of rotatable bonds is 1. The highest BCUT2D eigenvalue weighted by molar-refractivity contribution is 14.1. The van der Waals surface area contributed by atoms with Crippen LogP contribution < -0.4 is 0 Å². The molecule has 1 aromatic carbocycles. The minimum atomic E-state index is -5.01. The van der Waals surface area contributed by atoms with Gasteiger partial charge in [-0.2, -0.15) is 26.3 Å². The number of halogens is 7. The van der Waals surface area contributed by atoms with E-state index in [1.54, 1.807) is 0 Å². The van der Waals surface area contributed by atoms with Gasteiger partial charge in [0.1, 0.15) is 0 Å². The average molecular weight is 382 g/mol. The van der Waals surface area contributed by atoms with Gasteiger partial charge in [-0.1, -0.05) is 0 Å². The number of benzene rings is 1. The van der Waals surface area contributed by atoms with Crippen molar-refractivity contribution >= 4 is 28.4 Å². The summed E-state index contributed by atoms with van der Waals surface area (Å²) in [4.78, 5) is 11.1. The molecule has 0 aliphatic rings. The SMILES string of the molecule is CC(=O)c1c(I)cc(C(F)(F)F)cc1C(F)(F)F. The summed E-state index contributed by atoms with van der Waals surface area (Å²) in [6, 6.07) is 0.478. The number of hydrogen-bond donors (Lipinski definition) is 0. The smallest absolute Gasteiger partial charge is 0.294 e. The van der Waals surface area contributed by atoms with Crippen LogP contribution in [0.1, 0.15) is 28.4 Å². The van der Waals surface area contributed by atoms with Crippen molar-refractivity contribution < 1.29 is 31.1 Å². The molecule has 0 bridgehead atoms. The summed E-state index contributed by atoms with van der Waals surface area (Å²) in [5, 5.41) is 0. The summed E-state index contributed by atoms with van der Waals surface area (Å²) in [5.74, 6) is -0.930. The second-order valence-corrected chi connectivity index (χ2v) is 4.59. The third-order valence-corrected chi connectivity index (χ3v) is 2.93. The number of carbonyl (C=O) groups excluding carboxylic acids is 1. The normalized spacial score (nSPS) is 12.7. The Labute approximate surface area is 111 Å². The quantitative estimate of drug-likeness (QED) is 0.396. The number of Topliss-reactive ketones (excluding diaryl/α,β-unsaturated/α-hetero) is 1. The Morgan fingerprint density at radius 2 is 1.56 bits per heavy atom. The van der Waals surface area contributed by atoms with E-state index in [0.29, 0.717) is 6.07 Å². The first-order chi connectivity index (χ1) is 7.94. The maximum absolute atomic E-state index is 12.6. The molecular formula is C10H5F6IO. The van der Waals surface area contributed by atoms with E-state index >= 15 is 0 Å². The summed E-state index contributed by atoms with van der Waals surface area (Å²) < 4.78 is 74.8. The van der Waals surface area contributed by atoms with Gasteiger partial charge in [0.25, 0.3) is 0 Å². The molecule has 0 heterocycles. The van der Waals surface area contributed by atoms with Gasteiger partial charge in [-0.25, -0.2) is 0 Å². The lowest BCUT2D eigenvalue weighted by Crippen LogP contribution is -2.17. The fourth-order valence-electron chi connectivity index (χ4n) is 1.35. The number of alkyl halides is 6. The van der Waals surface area contributed by atoms with Crippen molar-refractivity contribution in [1.29, 1.82) is 0 Å². The molecule has 0 aliphatic carbocycles. The fraction of sp³-hybridized carbons (Fsp3) is 0.300. The van der Waals surface area contributed by atoms with E-state index in [4.69, 9.17) is 0 Å². The van der Waals surface area contributed by atoms with Crippen LogP contribution in [0.2, 0.25) is 0 Å². The van der Waals surface area contributed by atoms with E-state index in [-0.39, 0.29) is 9.64 Å². The van der Waals surface area contributed by atoms with Crippen molar-refractivity contribution in [3.63, 3.8) is 0 Å². The Morgan fingerprint density at radius 1 is 1.06 bits per heavy atom. The van der Waals surface area contributed by atoms with Gasteiger partial charge in [-0.3, -0.25) is 4.79 Å². The Kier molecular flexibility index (Phi) is 3.99. The second-order valence-electron chi connectivity index (χ2n) is 3.43. The first-order valence-electron chi connectivity index (χ1n) is 4.43. The maximum Gasteiger partial charge on any atom is 0.417 e. The molecule has 0 radical (unpaired) electrons. The van der Waals surface area contributed by atoms with Gasteiger partial charge in [-0.05, 0) is 41.6 Å². The molecule has 0 saturated heterocycles. The van der Waals surface area contributed by atoms with Gasteiger partial charge in [0.15, 0.2) is 5.78 Å². The molecule has 0 aliphatic heterocycles. The highest BCUT2D eigenvalue weighted by atomic mass is 127. The molecule has 0 spiro atoms. The summed E-state index contributed by atoms with van der Waals surface area (Å²) in [7, 11) is 0. The van der Waals surface area contributed by atoms with Crippen LogP contribution in [-0.2, 0) is 12.4 Å². The Balaban J connectivity index is 3.64. The highest BCUT2D eigenvalue weighted by Crippen LogP contribution is 2.39. The van der Waals surface area contributed by atoms with E-state index in [1.807, 2.05) is 0 Å². The van der Waals surface area contributed by atoms with Gasteiger partial charge in [-0.15, -0.1) is 0 Å². The molecule has 0 aromatic heterocycles. The molecule has 8 heteroatoms. The predicted octanol–water partition coefficient (Wildman–Crippen LogP) is 4.53. The first-order valence-corrected chi connectivity index (χ1v) is 5.51. The zero-order valence-electron chi connectivity index (χ0n) is 8.71. The van der Waals surface area contributed by atoms with Crippen LogP contribution in [0.15, 0.2) is 12.1 Å². The standard InChI is InChI=1S/C10H5F6IO/c1-4(18)8-6(10(14,15)16)2-5(3-7(8)17)9(11,12)13/h2-3H,1H3. The van der Waals surface area contributed by atoms with Gasteiger partial charge in [0, 0.05) is 9.13 Å². The Bertz CT molecular complexity index is 488. The van der Waals surface area contributed by atoms with Crippen molar-refractivity contribution in [2.75, 3.05) is 0 Å². The third kappa shape index (κ3) is 3.15. The molecule has 18 heavy (non-hydrogen) atoms. The summed E-state index contributed by atoms with van der Waals surface area (Å²) in [6.45, 7) is 0.875. The molecule has 0 amide bonds. The summed E-state index contributed by atoms with van der Waals surface area (Å²) in [5.41, 5.74) is -3.73. The molecular weight excluding hydrogens is 377 g/mol. The summed E-state index contributed by atoms with van der Waals surface area (Å²) in [6.07, 6.45) is -9.91. The first kappa shape index (κ1) is 15.3.